The molecule has 4 nitrogen and oxygen atoms in total. The molecule has 0 radical (unpaired) electrons. The minimum absolute atomic E-state index is 0.174. The molecular formula is C21H30O4. The van der Waals surface area contributed by atoms with E-state index in [-0.39, 0.29) is 16.9 Å². The molecule has 0 aromatic carbocycles. The van der Waals surface area contributed by atoms with E-state index in [1.807, 2.05) is 0 Å². The third kappa shape index (κ3) is 2.44. The molecule has 3 N–H and O–H groups in total. The molecule has 138 valence electrons. The van der Waals surface area contributed by atoms with Gasteiger partial charge in [-0.25, -0.2) is 4.79 Å². The second-order valence-electron chi connectivity index (χ2n) is 9.36. The van der Waals surface area contributed by atoms with Crippen LogP contribution in [0.25, 0.3) is 0 Å². The molecule has 4 rings (SSSR count). The van der Waals surface area contributed by atoms with E-state index in [0.717, 1.165) is 38.5 Å². The topological polar surface area (TPSA) is 77.8 Å². The smallest absolute Gasteiger partial charge is 0.328 e. The largest absolute Gasteiger partial charge is 0.478 e. The van der Waals surface area contributed by atoms with Gasteiger partial charge in [-0.3, -0.25) is 0 Å². The van der Waals surface area contributed by atoms with Gasteiger partial charge in [0.25, 0.3) is 0 Å². The molecule has 0 spiro atoms. The molecule has 0 bridgehead atoms. The summed E-state index contributed by atoms with van der Waals surface area (Å²) in [5.74, 6) is 0.506. The van der Waals surface area contributed by atoms with Crippen LogP contribution in [-0.4, -0.2) is 33.5 Å². The number of aliphatic hydroxyl groups is 2. The SMILES string of the molecule is CC12CCC(O)CC1=CCC1C2CCC2(C)C(O)C(=CC(=O)O)CC12. The van der Waals surface area contributed by atoms with Crippen molar-refractivity contribution in [2.45, 2.75) is 71.0 Å². The standard InChI is InChI=1S/C21H30O4/c1-20-7-5-14(22)11-13(20)3-4-15-16(20)6-8-21(2)17(15)9-12(19(21)25)10-18(23)24/h3,10,14-17,19,22,25H,4-9,11H2,1-2H3,(H,23,24). The lowest BCUT2D eigenvalue weighted by Gasteiger charge is -2.57. The molecule has 4 heteroatoms. The first-order valence-corrected chi connectivity index (χ1v) is 9.75. The highest BCUT2D eigenvalue weighted by atomic mass is 16.4. The summed E-state index contributed by atoms with van der Waals surface area (Å²) in [7, 11) is 0. The third-order valence-electron chi connectivity index (χ3n) is 8.26. The van der Waals surface area contributed by atoms with Gasteiger partial charge < -0.3 is 15.3 Å². The summed E-state index contributed by atoms with van der Waals surface area (Å²) < 4.78 is 0. The van der Waals surface area contributed by atoms with Crippen LogP contribution in [0.1, 0.15) is 58.8 Å². The fraction of sp³-hybridized carbons (Fsp3) is 0.762. The maximum Gasteiger partial charge on any atom is 0.328 e. The number of aliphatic hydroxyl groups excluding tert-OH is 2. The average molecular weight is 346 g/mol. The van der Waals surface area contributed by atoms with Crippen LogP contribution >= 0.6 is 0 Å². The van der Waals surface area contributed by atoms with E-state index in [9.17, 15) is 15.0 Å². The second-order valence-corrected chi connectivity index (χ2v) is 9.36. The van der Waals surface area contributed by atoms with E-state index in [1.165, 1.54) is 11.6 Å². The second kappa shape index (κ2) is 5.68. The van der Waals surface area contributed by atoms with Gasteiger partial charge in [-0.2, -0.15) is 0 Å². The van der Waals surface area contributed by atoms with Crippen LogP contribution < -0.4 is 0 Å². The Morgan fingerprint density at radius 2 is 1.92 bits per heavy atom. The Balaban J connectivity index is 1.68. The summed E-state index contributed by atoms with van der Waals surface area (Å²) in [5, 5.41) is 30.0. The van der Waals surface area contributed by atoms with Crippen LogP contribution in [0.3, 0.4) is 0 Å². The number of allylic oxidation sites excluding steroid dienone is 1. The minimum atomic E-state index is -0.952. The number of rotatable bonds is 1. The molecule has 7 unspecified atom stereocenters. The van der Waals surface area contributed by atoms with E-state index in [2.05, 4.69) is 19.9 Å². The van der Waals surface area contributed by atoms with Gasteiger partial charge in [0.05, 0.1) is 12.2 Å². The van der Waals surface area contributed by atoms with E-state index >= 15 is 0 Å². The van der Waals surface area contributed by atoms with Crippen LogP contribution in [0.15, 0.2) is 23.3 Å². The predicted octanol–water partition coefficient (Wildman–Crippen LogP) is 3.29. The summed E-state index contributed by atoms with van der Waals surface area (Å²) in [5.41, 5.74) is 2.13. The fourth-order valence-corrected chi connectivity index (χ4v) is 6.80. The molecule has 0 heterocycles. The molecule has 4 aliphatic carbocycles. The Labute approximate surface area is 149 Å². The molecule has 0 amide bonds. The zero-order chi connectivity index (χ0) is 18.0. The van der Waals surface area contributed by atoms with Crippen molar-refractivity contribution in [3.8, 4) is 0 Å². The van der Waals surface area contributed by atoms with Gasteiger partial charge in [-0.15, -0.1) is 0 Å². The molecule has 0 saturated heterocycles. The Kier molecular flexibility index (Phi) is 3.93. The van der Waals surface area contributed by atoms with Crippen molar-refractivity contribution in [2.75, 3.05) is 0 Å². The van der Waals surface area contributed by atoms with Crippen LogP contribution in [-0.2, 0) is 4.79 Å². The highest BCUT2D eigenvalue weighted by molar-refractivity contribution is 5.81. The van der Waals surface area contributed by atoms with Crippen molar-refractivity contribution in [3.05, 3.63) is 23.3 Å². The first kappa shape index (κ1) is 17.3. The Morgan fingerprint density at radius 3 is 2.64 bits per heavy atom. The van der Waals surface area contributed by atoms with E-state index in [4.69, 9.17) is 5.11 Å². The van der Waals surface area contributed by atoms with Crippen molar-refractivity contribution in [1.29, 1.82) is 0 Å². The van der Waals surface area contributed by atoms with Gasteiger partial charge in [0.1, 0.15) is 0 Å². The lowest BCUT2D eigenvalue weighted by Crippen LogP contribution is -2.51. The number of carboxylic acids is 1. The fourth-order valence-electron chi connectivity index (χ4n) is 6.80. The number of hydrogen-bond donors (Lipinski definition) is 3. The number of hydrogen-bond acceptors (Lipinski definition) is 3. The van der Waals surface area contributed by atoms with Crippen molar-refractivity contribution >= 4 is 5.97 Å². The minimum Gasteiger partial charge on any atom is -0.478 e. The molecule has 3 fully saturated rings. The summed E-state index contributed by atoms with van der Waals surface area (Å²) in [6.45, 7) is 4.54. The van der Waals surface area contributed by atoms with Crippen molar-refractivity contribution < 1.29 is 20.1 Å². The van der Waals surface area contributed by atoms with E-state index in [0.29, 0.717) is 29.7 Å². The van der Waals surface area contributed by atoms with Crippen LogP contribution in [0, 0.1) is 28.6 Å². The molecular weight excluding hydrogens is 316 g/mol. The maximum absolute atomic E-state index is 11.1. The predicted molar refractivity (Wildman–Crippen MR) is 94.8 cm³/mol. The summed E-state index contributed by atoms with van der Waals surface area (Å²) in [4.78, 5) is 11.1. The van der Waals surface area contributed by atoms with E-state index in [1.54, 1.807) is 0 Å². The van der Waals surface area contributed by atoms with Crippen molar-refractivity contribution in [2.24, 2.45) is 28.6 Å². The summed E-state index contributed by atoms with van der Waals surface area (Å²) in [6.07, 6.45) is 9.31. The highest BCUT2D eigenvalue weighted by Gasteiger charge is 2.59. The molecule has 0 aliphatic heterocycles. The first-order chi connectivity index (χ1) is 11.8. The summed E-state index contributed by atoms with van der Waals surface area (Å²) >= 11 is 0. The first-order valence-electron chi connectivity index (χ1n) is 9.75. The zero-order valence-electron chi connectivity index (χ0n) is 15.2. The molecule has 3 saturated carbocycles. The average Bonchev–Trinajstić information content (AvgIpc) is 2.79. The maximum atomic E-state index is 11.1. The van der Waals surface area contributed by atoms with E-state index < -0.39 is 12.1 Å². The zero-order valence-corrected chi connectivity index (χ0v) is 15.2. The van der Waals surface area contributed by atoms with Gasteiger partial charge in [-0.1, -0.05) is 25.5 Å². The normalized spacial score (nSPS) is 50.6. The molecule has 0 aromatic rings. The van der Waals surface area contributed by atoms with Crippen LogP contribution in [0.4, 0.5) is 0 Å². The molecule has 4 aliphatic rings. The molecule has 0 aromatic heterocycles. The number of carboxylic acid groups (broad SMARTS) is 1. The number of carbonyl (C=O) groups is 1. The molecule has 7 atom stereocenters. The van der Waals surface area contributed by atoms with Crippen LogP contribution in [0.5, 0.6) is 0 Å². The quantitative estimate of drug-likeness (QED) is 0.503. The van der Waals surface area contributed by atoms with Crippen molar-refractivity contribution in [3.63, 3.8) is 0 Å². The van der Waals surface area contributed by atoms with Crippen LogP contribution in [0.2, 0.25) is 0 Å². The van der Waals surface area contributed by atoms with Crippen molar-refractivity contribution in [1.82, 2.24) is 0 Å². The van der Waals surface area contributed by atoms with Gasteiger partial charge in [0.15, 0.2) is 0 Å². The number of fused-ring (bicyclic) bond motifs is 5. The molecule has 25 heavy (non-hydrogen) atoms. The third-order valence-corrected chi connectivity index (χ3v) is 8.26. The summed E-state index contributed by atoms with van der Waals surface area (Å²) in [6, 6.07) is 0. The van der Waals surface area contributed by atoms with Gasteiger partial charge in [-0.05, 0) is 73.7 Å². The monoisotopic (exact) mass is 346 g/mol. The van der Waals surface area contributed by atoms with Gasteiger partial charge in [0.2, 0.25) is 0 Å². The number of aliphatic carboxylic acids is 1. The lowest BCUT2D eigenvalue weighted by molar-refractivity contribution is -0.131. The Hall–Kier alpha value is -1.13. The highest BCUT2D eigenvalue weighted by Crippen LogP contribution is 2.65. The van der Waals surface area contributed by atoms with Gasteiger partial charge in [0, 0.05) is 11.5 Å². The Bertz CT molecular complexity index is 650. The van der Waals surface area contributed by atoms with Gasteiger partial charge >= 0.3 is 5.97 Å². The lowest BCUT2D eigenvalue weighted by atomic mass is 9.48. The Morgan fingerprint density at radius 1 is 1.16 bits per heavy atom.